The monoisotopic (exact) mass is 331 g/mol. The number of aryl methyl sites for hydroxylation is 1. The second kappa shape index (κ2) is 7.57. The van der Waals surface area contributed by atoms with Crippen LogP contribution in [0.5, 0.6) is 0 Å². The Bertz CT molecular complexity index is 908. The third kappa shape index (κ3) is 4.41. The van der Waals surface area contributed by atoms with E-state index in [1.165, 1.54) is 0 Å². The summed E-state index contributed by atoms with van der Waals surface area (Å²) in [4.78, 5) is 37.1. The van der Waals surface area contributed by atoms with Crippen LogP contribution in [0.25, 0.3) is 0 Å². The Morgan fingerprint density at radius 3 is 2.44 bits per heavy atom. The van der Waals surface area contributed by atoms with Gasteiger partial charge in [-0.05, 0) is 42.3 Å². The van der Waals surface area contributed by atoms with Crippen LogP contribution in [0.3, 0.4) is 0 Å². The van der Waals surface area contributed by atoms with Crippen molar-refractivity contribution in [2.45, 2.75) is 19.8 Å². The van der Waals surface area contributed by atoms with Crippen molar-refractivity contribution in [3.63, 3.8) is 0 Å². The fourth-order valence-electron chi connectivity index (χ4n) is 2.49. The van der Waals surface area contributed by atoms with Gasteiger partial charge in [0.2, 0.25) is 0 Å². The van der Waals surface area contributed by atoms with Crippen molar-refractivity contribution in [1.82, 2.24) is 15.0 Å². The third-order valence-electron chi connectivity index (χ3n) is 3.75. The number of rotatable bonds is 6. The Morgan fingerprint density at radius 1 is 0.880 bits per heavy atom. The first-order valence-electron chi connectivity index (χ1n) is 7.96. The normalized spacial score (nSPS) is 10.4. The lowest BCUT2D eigenvalue weighted by Gasteiger charge is -2.05. The number of carbonyl (C=O) groups excluding carboxylic acids is 2. The largest absolute Gasteiger partial charge is 0.294 e. The summed E-state index contributed by atoms with van der Waals surface area (Å²) in [5.74, 6) is 0.196. The number of benzene rings is 1. The average Bonchev–Trinajstić information content (AvgIpc) is 2.63. The van der Waals surface area contributed by atoms with Gasteiger partial charge in [-0.25, -0.2) is 9.97 Å². The molecular formula is C20H17N3O2. The standard InChI is InChI=1S/C20H17N3O2/c1-14-6-9-21-17(10-14)19(25)13-18(24)16-5-2-4-15(11-16)12-20-22-7-3-8-23-20/h2-11H,12-13H2,1H3. The van der Waals surface area contributed by atoms with E-state index in [9.17, 15) is 9.59 Å². The molecule has 0 aliphatic rings. The Labute approximate surface area is 145 Å². The highest BCUT2D eigenvalue weighted by Gasteiger charge is 2.15. The second-order valence-electron chi connectivity index (χ2n) is 5.78. The minimum absolute atomic E-state index is 0.193. The van der Waals surface area contributed by atoms with Crippen molar-refractivity contribution in [2.75, 3.05) is 0 Å². The van der Waals surface area contributed by atoms with Crippen molar-refractivity contribution in [1.29, 1.82) is 0 Å². The number of aromatic nitrogens is 3. The third-order valence-corrected chi connectivity index (χ3v) is 3.75. The molecule has 0 amide bonds. The fraction of sp³-hybridized carbons (Fsp3) is 0.150. The molecule has 0 bridgehead atoms. The van der Waals surface area contributed by atoms with Crippen LogP contribution in [0.2, 0.25) is 0 Å². The first-order valence-corrected chi connectivity index (χ1v) is 7.96. The van der Waals surface area contributed by atoms with Gasteiger partial charge in [0.1, 0.15) is 11.5 Å². The van der Waals surface area contributed by atoms with Crippen LogP contribution in [-0.4, -0.2) is 26.5 Å². The van der Waals surface area contributed by atoms with E-state index in [1.54, 1.807) is 48.9 Å². The first-order chi connectivity index (χ1) is 12.1. The smallest absolute Gasteiger partial charge is 0.188 e. The Kier molecular flexibility index (Phi) is 5.04. The van der Waals surface area contributed by atoms with E-state index in [4.69, 9.17) is 0 Å². The van der Waals surface area contributed by atoms with Crippen LogP contribution in [0.1, 0.15) is 44.2 Å². The molecule has 0 N–H and O–H groups in total. The molecule has 0 spiro atoms. The highest BCUT2D eigenvalue weighted by molar-refractivity contribution is 6.12. The molecule has 0 radical (unpaired) electrons. The molecule has 0 aliphatic carbocycles. The molecule has 0 atom stereocenters. The summed E-state index contributed by atoms with van der Waals surface area (Å²) in [7, 11) is 0. The van der Waals surface area contributed by atoms with Crippen LogP contribution >= 0.6 is 0 Å². The van der Waals surface area contributed by atoms with Gasteiger partial charge >= 0.3 is 0 Å². The van der Waals surface area contributed by atoms with Gasteiger partial charge in [0.15, 0.2) is 11.6 Å². The van der Waals surface area contributed by atoms with Crippen LogP contribution in [0.4, 0.5) is 0 Å². The van der Waals surface area contributed by atoms with Gasteiger partial charge in [0, 0.05) is 30.6 Å². The van der Waals surface area contributed by atoms with Crippen LogP contribution < -0.4 is 0 Å². The number of hydrogen-bond donors (Lipinski definition) is 0. The van der Waals surface area contributed by atoms with Gasteiger partial charge < -0.3 is 0 Å². The molecule has 3 aromatic rings. The molecule has 1 aromatic carbocycles. The summed E-state index contributed by atoms with van der Waals surface area (Å²) in [5, 5.41) is 0. The van der Waals surface area contributed by atoms with Gasteiger partial charge in [0.05, 0.1) is 6.42 Å². The van der Waals surface area contributed by atoms with Crippen molar-refractivity contribution in [3.8, 4) is 0 Å². The number of nitrogens with zero attached hydrogens (tertiary/aromatic N) is 3. The zero-order valence-corrected chi connectivity index (χ0v) is 13.8. The highest BCUT2D eigenvalue weighted by Crippen LogP contribution is 2.12. The number of pyridine rings is 1. The number of Topliss-reactive ketones (excluding diaryl/α,β-unsaturated/α-hetero) is 2. The number of ketones is 2. The summed E-state index contributed by atoms with van der Waals surface area (Å²) in [6.07, 6.45) is 5.29. The molecule has 0 fully saturated rings. The Morgan fingerprint density at radius 2 is 1.68 bits per heavy atom. The number of hydrogen-bond acceptors (Lipinski definition) is 5. The Balaban J connectivity index is 1.72. The summed E-state index contributed by atoms with van der Waals surface area (Å²) in [6.45, 7) is 1.88. The quantitative estimate of drug-likeness (QED) is 0.512. The maximum atomic E-state index is 12.4. The zero-order chi connectivity index (χ0) is 17.6. The molecule has 5 nitrogen and oxygen atoms in total. The molecule has 3 rings (SSSR count). The zero-order valence-electron chi connectivity index (χ0n) is 13.8. The predicted molar refractivity (Wildman–Crippen MR) is 93.5 cm³/mol. The van der Waals surface area contributed by atoms with Crippen LogP contribution in [0, 0.1) is 6.92 Å². The molecule has 5 heteroatoms. The van der Waals surface area contributed by atoms with E-state index in [1.807, 2.05) is 19.1 Å². The predicted octanol–water partition coefficient (Wildman–Crippen LogP) is 3.23. The fourth-order valence-corrected chi connectivity index (χ4v) is 2.49. The van der Waals surface area contributed by atoms with Gasteiger partial charge in [-0.2, -0.15) is 0 Å². The summed E-state index contributed by atoms with van der Waals surface area (Å²) in [5.41, 5.74) is 2.70. The molecule has 25 heavy (non-hydrogen) atoms. The van der Waals surface area contributed by atoms with Crippen LogP contribution in [0.15, 0.2) is 61.1 Å². The minimum atomic E-state index is -0.273. The van der Waals surface area contributed by atoms with Gasteiger partial charge in [-0.3, -0.25) is 14.6 Å². The second-order valence-corrected chi connectivity index (χ2v) is 5.78. The molecular weight excluding hydrogens is 314 g/mol. The van der Waals surface area contributed by atoms with E-state index in [-0.39, 0.29) is 18.0 Å². The molecule has 2 aromatic heterocycles. The van der Waals surface area contributed by atoms with Gasteiger partial charge in [-0.15, -0.1) is 0 Å². The molecule has 0 saturated carbocycles. The molecule has 0 saturated heterocycles. The lowest BCUT2D eigenvalue weighted by molar-refractivity contribution is 0.0891. The van der Waals surface area contributed by atoms with Gasteiger partial charge in [-0.1, -0.05) is 18.2 Å². The SMILES string of the molecule is Cc1ccnc(C(=O)CC(=O)c2cccc(Cc3ncccn3)c2)c1. The molecule has 124 valence electrons. The summed E-state index contributed by atoms with van der Waals surface area (Å²) in [6, 6.07) is 12.5. The number of carbonyl (C=O) groups is 2. The van der Waals surface area contributed by atoms with E-state index >= 15 is 0 Å². The van der Waals surface area contributed by atoms with Crippen molar-refractivity contribution >= 4 is 11.6 Å². The maximum absolute atomic E-state index is 12.4. The molecule has 0 aliphatic heterocycles. The summed E-state index contributed by atoms with van der Waals surface area (Å²) >= 11 is 0. The van der Waals surface area contributed by atoms with Gasteiger partial charge in [0.25, 0.3) is 0 Å². The van der Waals surface area contributed by atoms with E-state index in [0.29, 0.717) is 23.5 Å². The van der Waals surface area contributed by atoms with Crippen molar-refractivity contribution in [2.24, 2.45) is 0 Å². The van der Waals surface area contributed by atoms with E-state index < -0.39 is 0 Å². The summed E-state index contributed by atoms with van der Waals surface area (Å²) < 4.78 is 0. The molecule has 0 unspecified atom stereocenters. The van der Waals surface area contributed by atoms with E-state index in [0.717, 1.165) is 11.1 Å². The Hall–Kier alpha value is -3.21. The first kappa shape index (κ1) is 16.6. The van der Waals surface area contributed by atoms with Crippen molar-refractivity contribution < 1.29 is 9.59 Å². The highest BCUT2D eigenvalue weighted by atomic mass is 16.1. The lowest BCUT2D eigenvalue weighted by Crippen LogP contribution is -2.10. The topological polar surface area (TPSA) is 72.8 Å². The van der Waals surface area contributed by atoms with Crippen molar-refractivity contribution in [3.05, 3.63) is 89.3 Å². The lowest BCUT2D eigenvalue weighted by atomic mass is 10.0. The molecule has 2 heterocycles. The average molecular weight is 331 g/mol. The van der Waals surface area contributed by atoms with E-state index in [2.05, 4.69) is 15.0 Å². The maximum Gasteiger partial charge on any atom is 0.188 e. The minimum Gasteiger partial charge on any atom is -0.294 e. The van der Waals surface area contributed by atoms with Crippen LogP contribution in [-0.2, 0) is 6.42 Å².